The monoisotopic (exact) mass is 412 g/mol. The number of pyridine rings is 3. The van der Waals surface area contributed by atoms with E-state index in [0.717, 1.165) is 23.7 Å². The largest absolute Gasteiger partial charge is 0.433 e. The Bertz CT molecular complexity index is 1170. The first kappa shape index (κ1) is 19.6. The van der Waals surface area contributed by atoms with Crippen LogP contribution >= 0.6 is 0 Å². The van der Waals surface area contributed by atoms with Gasteiger partial charge in [-0.3, -0.25) is 14.8 Å². The minimum atomic E-state index is -4.49. The molecule has 4 heterocycles. The Hall–Kier alpha value is -3.75. The first-order valence-electron chi connectivity index (χ1n) is 9.12. The van der Waals surface area contributed by atoms with E-state index in [9.17, 15) is 18.0 Å². The van der Waals surface area contributed by atoms with Gasteiger partial charge in [0.15, 0.2) is 5.52 Å². The lowest BCUT2D eigenvalue weighted by Crippen LogP contribution is -2.26. The molecule has 30 heavy (non-hydrogen) atoms. The van der Waals surface area contributed by atoms with Gasteiger partial charge in [-0.2, -0.15) is 17.6 Å². The van der Waals surface area contributed by atoms with Gasteiger partial charge >= 0.3 is 6.18 Å². The summed E-state index contributed by atoms with van der Waals surface area (Å²) in [5.74, 6) is 0.441. The molecule has 0 atom stereocenters. The number of aromatic amines is 1. The summed E-state index contributed by atoms with van der Waals surface area (Å²) in [6, 6.07) is 11.5. The van der Waals surface area contributed by atoms with Crippen LogP contribution in [-0.2, 0) is 19.1 Å². The van der Waals surface area contributed by atoms with Crippen LogP contribution in [-0.4, -0.2) is 20.9 Å². The van der Waals surface area contributed by atoms with Crippen LogP contribution in [0.2, 0.25) is 0 Å². The summed E-state index contributed by atoms with van der Waals surface area (Å²) in [6.45, 7) is 0.0555. The number of carbonyl (C=O) groups is 1. The molecule has 0 fully saturated rings. The molecule has 0 saturated carbocycles. The van der Waals surface area contributed by atoms with Crippen molar-refractivity contribution in [2.24, 2.45) is 0 Å². The number of amides is 1. The maximum absolute atomic E-state index is 12.8. The molecule has 0 unspecified atom stereocenters. The fraction of sp³-hybridized carbons (Fsp3) is 0.143. The first-order chi connectivity index (χ1) is 14.4. The molecule has 4 aromatic rings. The summed E-state index contributed by atoms with van der Waals surface area (Å²) in [7, 11) is 0. The molecule has 0 aliphatic carbocycles. The van der Waals surface area contributed by atoms with Crippen molar-refractivity contribution in [2.45, 2.75) is 19.1 Å². The molecule has 1 amide bonds. The number of hydrogen-bond acceptors (Lipinski definition) is 3. The third-order valence-electron chi connectivity index (χ3n) is 4.57. The van der Waals surface area contributed by atoms with E-state index in [1.807, 2.05) is 40.9 Å². The standard InChI is InChI=1S/C21H16F3N5O/c22-21(23,24)17-7-6-15(12-26-17)13-27-20(30)19-16-5-1-2-9-29(16)18(28-19)10-14-4-3-8-25-11-14/h1-9,11-12H,10,13H2,(H,27,30)/p+1. The van der Waals surface area contributed by atoms with Crippen molar-refractivity contribution in [3.63, 3.8) is 0 Å². The van der Waals surface area contributed by atoms with E-state index < -0.39 is 11.9 Å². The van der Waals surface area contributed by atoms with Crippen molar-refractivity contribution in [2.75, 3.05) is 0 Å². The minimum absolute atomic E-state index is 0.0555. The molecular weight excluding hydrogens is 395 g/mol. The average Bonchev–Trinajstić information content (AvgIpc) is 3.11. The van der Waals surface area contributed by atoms with Crippen LogP contribution in [0.4, 0.5) is 13.2 Å². The zero-order valence-corrected chi connectivity index (χ0v) is 15.6. The number of halogens is 3. The predicted molar refractivity (Wildman–Crippen MR) is 101 cm³/mol. The van der Waals surface area contributed by atoms with Gasteiger partial charge in [0.25, 0.3) is 11.7 Å². The summed E-state index contributed by atoms with van der Waals surface area (Å²) < 4.78 is 39.7. The third-order valence-corrected chi connectivity index (χ3v) is 4.57. The number of carbonyl (C=O) groups excluding carboxylic acids is 1. The quantitative estimate of drug-likeness (QED) is 0.495. The van der Waals surface area contributed by atoms with Crippen molar-refractivity contribution in [3.05, 3.63) is 95.6 Å². The second kappa shape index (κ2) is 7.94. The van der Waals surface area contributed by atoms with Gasteiger partial charge in [0.05, 0.1) is 12.6 Å². The van der Waals surface area contributed by atoms with Gasteiger partial charge in [-0.25, -0.2) is 4.98 Å². The normalized spacial score (nSPS) is 11.6. The number of nitrogens with one attached hydrogen (secondary N) is 2. The number of aromatic nitrogens is 4. The van der Waals surface area contributed by atoms with Crippen LogP contribution in [0.1, 0.15) is 33.1 Å². The Kier molecular flexibility index (Phi) is 5.18. The summed E-state index contributed by atoms with van der Waals surface area (Å²) in [5, 5.41) is 2.73. The second-order valence-corrected chi connectivity index (χ2v) is 6.67. The SMILES string of the molecule is O=C(NCc1ccc(C(F)(F)F)nc1)c1[nH]c(Cc2cccnc2)[n+]2ccccc12. The van der Waals surface area contributed by atoms with Gasteiger partial charge in [-0.05, 0) is 35.4 Å². The highest BCUT2D eigenvalue weighted by Gasteiger charge is 2.32. The lowest BCUT2D eigenvalue weighted by Gasteiger charge is -2.07. The smallest absolute Gasteiger partial charge is 0.345 e. The van der Waals surface area contributed by atoms with E-state index in [0.29, 0.717) is 23.2 Å². The van der Waals surface area contributed by atoms with Crippen LogP contribution < -0.4 is 9.72 Å². The molecule has 0 spiro atoms. The van der Waals surface area contributed by atoms with Crippen LogP contribution in [0.5, 0.6) is 0 Å². The van der Waals surface area contributed by atoms with E-state index in [4.69, 9.17) is 0 Å². The van der Waals surface area contributed by atoms with Gasteiger partial charge in [0, 0.05) is 25.1 Å². The van der Waals surface area contributed by atoms with Crippen molar-refractivity contribution in [1.82, 2.24) is 20.3 Å². The lowest BCUT2D eigenvalue weighted by atomic mass is 10.2. The minimum Gasteiger partial charge on any atom is -0.345 e. The topological polar surface area (TPSA) is 74.8 Å². The first-order valence-corrected chi connectivity index (χ1v) is 9.12. The Balaban J connectivity index is 1.53. The number of alkyl halides is 3. The second-order valence-electron chi connectivity index (χ2n) is 6.67. The van der Waals surface area contributed by atoms with Crippen LogP contribution in [0.3, 0.4) is 0 Å². The van der Waals surface area contributed by atoms with Crippen molar-refractivity contribution in [1.29, 1.82) is 0 Å². The highest BCUT2D eigenvalue weighted by Crippen LogP contribution is 2.27. The van der Waals surface area contributed by atoms with E-state index in [1.54, 1.807) is 12.4 Å². The van der Waals surface area contributed by atoms with Gasteiger partial charge in [0.2, 0.25) is 5.69 Å². The molecule has 0 aliphatic rings. The number of imidazole rings is 1. The van der Waals surface area contributed by atoms with E-state index in [2.05, 4.69) is 20.3 Å². The molecule has 0 bridgehead atoms. The number of hydrogen-bond donors (Lipinski definition) is 2. The number of H-pyrrole nitrogens is 1. The maximum atomic E-state index is 12.8. The zero-order valence-electron chi connectivity index (χ0n) is 15.6. The predicted octanol–water partition coefficient (Wildman–Crippen LogP) is 3.08. The maximum Gasteiger partial charge on any atom is 0.433 e. The molecule has 6 nitrogen and oxygen atoms in total. The third kappa shape index (κ3) is 4.14. The van der Waals surface area contributed by atoms with Crippen LogP contribution in [0.25, 0.3) is 5.52 Å². The number of fused-ring (bicyclic) bond motifs is 1. The fourth-order valence-corrected chi connectivity index (χ4v) is 3.12. The molecular formula is C21H17F3N5O+. The molecule has 2 N–H and O–H groups in total. The zero-order chi connectivity index (χ0) is 21.1. The summed E-state index contributed by atoms with van der Waals surface area (Å²) in [5.41, 5.74) is 1.55. The summed E-state index contributed by atoms with van der Waals surface area (Å²) in [4.78, 5) is 23.4. The molecule has 0 saturated heterocycles. The summed E-state index contributed by atoms with van der Waals surface area (Å²) in [6.07, 6.45) is 2.47. The Labute approximate surface area is 169 Å². The van der Waals surface area contributed by atoms with Gasteiger partial charge in [-0.1, -0.05) is 18.2 Å². The fourth-order valence-electron chi connectivity index (χ4n) is 3.12. The molecule has 0 radical (unpaired) electrons. The van der Waals surface area contributed by atoms with Crippen LogP contribution in [0.15, 0.2) is 67.3 Å². The lowest BCUT2D eigenvalue weighted by molar-refractivity contribution is -0.520. The average molecular weight is 412 g/mol. The number of nitrogens with zero attached hydrogens (tertiary/aromatic N) is 3. The highest BCUT2D eigenvalue weighted by molar-refractivity contribution is 5.97. The molecule has 152 valence electrons. The van der Waals surface area contributed by atoms with Crippen molar-refractivity contribution >= 4 is 11.4 Å². The molecule has 4 aromatic heterocycles. The van der Waals surface area contributed by atoms with E-state index in [-0.39, 0.29) is 12.5 Å². The Morgan fingerprint density at radius 2 is 1.93 bits per heavy atom. The molecule has 0 aliphatic heterocycles. The van der Waals surface area contributed by atoms with Crippen LogP contribution in [0, 0.1) is 0 Å². The number of rotatable bonds is 5. The van der Waals surface area contributed by atoms with Gasteiger partial charge in [-0.15, -0.1) is 0 Å². The van der Waals surface area contributed by atoms with Crippen molar-refractivity contribution in [3.8, 4) is 0 Å². The van der Waals surface area contributed by atoms with E-state index in [1.165, 1.54) is 6.07 Å². The molecule has 0 aromatic carbocycles. The van der Waals surface area contributed by atoms with Gasteiger partial charge in [0.1, 0.15) is 5.69 Å². The Morgan fingerprint density at radius 3 is 2.63 bits per heavy atom. The highest BCUT2D eigenvalue weighted by atomic mass is 19.4. The summed E-state index contributed by atoms with van der Waals surface area (Å²) >= 11 is 0. The van der Waals surface area contributed by atoms with Crippen molar-refractivity contribution < 1.29 is 22.4 Å². The molecule has 4 rings (SSSR count). The van der Waals surface area contributed by atoms with E-state index >= 15 is 0 Å². The molecule has 9 heteroatoms. The Morgan fingerprint density at radius 1 is 1.07 bits per heavy atom. The van der Waals surface area contributed by atoms with Gasteiger partial charge < -0.3 is 5.32 Å².